The third kappa shape index (κ3) is 2.86. The van der Waals surface area contributed by atoms with Gasteiger partial charge in [0.05, 0.1) is 17.7 Å². The van der Waals surface area contributed by atoms with Crippen LogP contribution in [0.4, 0.5) is 5.69 Å². The normalized spacial score (nSPS) is 11.9. The van der Waals surface area contributed by atoms with Gasteiger partial charge >= 0.3 is 0 Å². The first-order valence-corrected chi connectivity index (χ1v) is 7.78. The highest BCUT2D eigenvalue weighted by atomic mass is 32.2. The minimum absolute atomic E-state index is 0.218. The summed E-state index contributed by atoms with van der Waals surface area (Å²) in [6, 6.07) is 8.23. The van der Waals surface area contributed by atoms with Gasteiger partial charge in [0.2, 0.25) is 10.0 Å². The second-order valence-corrected chi connectivity index (χ2v) is 6.47. The van der Waals surface area contributed by atoms with E-state index < -0.39 is 10.0 Å². The Morgan fingerprint density at radius 2 is 2.05 bits per heavy atom. The number of sulfonamides is 1. The van der Waals surface area contributed by atoms with E-state index in [9.17, 15) is 8.42 Å². The zero-order chi connectivity index (χ0) is 14.8. The van der Waals surface area contributed by atoms with E-state index in [0.29, 0.717) is 18.0 Å². The Bertz CT molecular complexity index is 678. The number of hydrogen-bond acceptors (Lipinski definition) is 4. The predicted octanol–water partition coefficient (Wildman–Crippen LogP) is 2.38. The third-order valence-electron chi connectivity index (χ3n) is 3.14. The van der Waals surface area contributed by atoms with Crippen molar-refractivity contribution in [3.8, 4) is 0 Å². The maximum absolute atomic E-state index is 12.6. The van der Waals surface area contributed by atoms with Gasteiger partial charge in [-0.15, -0.1) is 0 Å². The van der Waals surface area contributed by atoms with Crippen molar-refractivity contribution in [3.63, 3.8) is 0 Å². The lowest BCUT2D eigenvalue weighted by Gasteiger charge is -2.19. The molecule has 5 nitrogen and oxygen atoms in total. The molecule has 1 heterocycles. The number of hydrogen-bond donors (Lipinski definition) is 1. The van der Waals surface area contributed by atoms with Crippen LogP contribution in [0.25, 0.3) is 0 Å². The molecule has 20 heavy (non-hydrogen) atoms. The minimum atomic E-state index is -3.55. The average molecular weight is 294 g/mol. The summed E-state index contributed by atoms with van der Waals surface area (Å²) in [5.41, 5.74) is 7.06. The van der Waals surface area contributed by atoms with Gasteiger partial charge in [-0.2, -0.15) is 4.31 Å². The lowest BCUT2D eigenvalue weighted by Crippen LogP contribution is -2.30. The molecule has 1 aromatic carbocycles. The first kappa shape index (κ1) is 14.6. The summed E-state index contributed by atoms with van der Waals surface area (Å²) in [6.45, 7) is 4.17. The standard InChI is InChI=1S/C14H18N2O3S/c1-3-16(10-12-5-4-8-19-12)20(17,18)13-6-7-14(15)11(2)9-13/h4-9H,3,10,15H2,1-2H3. The number of anilines is 1. The Morgan fingerprint density at radius 1 is 1.30 bits per heavy atom. The molecule has 0 spiro atoms. The van der Waals surface area contributed by atoms with Gasteiger partial charge < -0.3 is 10.2 Å². The first-order chi connectivity index (χ1) is 9.45. The number of aryl methyl sites for hydroxylation is 1. The molecule has 0 amide bonds. The van der Waals surface area contributed by atoms with Crippen LogP contribution in [0, 0.1) is 6.92 Å². The maximum atomic E-state index is 12.6. The van der Waals surface area contributed by atoms with Crippen LogP contribution in [0.2, 0.25) is 0 Å². The van der Waals surface area contributed by atoms with E-state index in [1.165, 1.54) is 16.6 Å². The molecular weight excluding hydrogens is 276 g/mol. The second kappa shape index (κ2) is 5.68. The fourth-order valence-electron chi connectivity index (χ4n) is 1.90. The highest BCUT2D eigenvalue weighted by molar-refractivity contribution is 7.89. The molecule has 1 aromatic heterocycles. The number of benzene rings is 1. The molecule has 108 valence electrons. The van der Waals surface area contributed by atoms with Crippen LogP contribution in [0.15, 0.2) is 45.9 Å². The van der Waals surface area contributed by atoms with Gasteiger partial charge in [-0.1, -0.05) is 6.92 Å². The first-order valence-electron chi connectivity index (χ1n) is 6.34. The number of rotatable bonds is 5. The summed E-state index contributed by atoms with van der Waals surface area (Å²) >= 11 is 0. The van der Waals surface area contributed by atoms with Gasteiger partial charge in [-0.25, -0.2) is 8.42 Å². The van der Waals surface area contributed by atoms with E-state index >= 15 is 0 Å². The molecule has 0 aliphatic carbocycles. The Morgan fingerprint density at radius 3 is 2.60 bits per heavy atom. The van der Waals surface area contributed by atoms with Gasteiger partial charge in [0.1, 0.15) is 5.76 Å². The molecule has 0 saturated carbocycles. The summed E-state index contributed by atoms with van der Waals surface area (Å²) in [6.07, 6.45) is 1.53. The minimum Gasteiger partial charge on any atom is -0.468 e. The molecular formula is C14H18N2O3S. The van der Waals surface area contributed by atoms with E-state index in [0.717, 1.165) is 5.56 Å². The number of nitrogens with two attached hydrogens (primary N) is 1. The molecule has 0 aliphatic rings. The highest BCUT2D eigenvalue weighted by Crippen LogP contribution is 2.22. The Hall–Kier alpha value is -1.79. The van der Waals surface area contributed by atoms with Gasteiger partial charge in [0, 0.05) is 12.2 Å². The molecule has 0 unspecified atom stereocenters. The topological polar surface area (TPSA) is 76.5 Å². The van der Waals surface area contributed by atoms with Crippen LogP contribution in [-0.4, -0.2) is 19.3 Å². The lowest BCUT2D eigenvalue weighted by molar-refractivity contribution is 0.375. The second-order valence-electron chi connectivity index (χ2n) is 4.53. The number of furan rings is 1. The predicted molar refractivity (Wildman–Crippen MR) is 77.6 cm³/mol. The zero-order valence-electron chi connectivity index (χ0n) is 11.5. The molecule has 2 N–H and O–H groups in total. The van der Waals surface area contributed by atoms with Crippen molar-refractivity contribution in [1.29, 1.82) is 0 Å². The molecule has 6 heteroatoms. The molecule has 0 aliphatic heterocycles. The van der Waals surface area contributed by atoms with E-state index in [1.807, 2.05) is 0 Å². The molecule has 0 radical (unpaired) electrons. The van der Waals surface area contributed by atoms with Crippen molar-refractivity contribution in [2.24, 2.45) is 0 Å². The molecule has 2 aromatic rings. The smallest absolute Gasteiger partial charge is 0.243 e. The van der Waals surface area contributed by atoms with Gasteiger partial charge in [0.25, 0.3) is 0 Å². The largest absolute Gasteiger partial charge is 0.468 e. The van der Waals surface area contributed by atoms with Gasteiger partial charge in [-0.05, 0) is 42.8 Å². The van der Waals surface area contributed by atoms with Crippen LogP contribution >= 0.6 is 0 Å². The zero-order valence-corrected chi connectivity index (χ0v) is 12.4. The molecule has 0 fully saturated rings. The van der Waals surface area contributed by atoms with Crippen molar-refractivity contribution in [3.05, 3.63) is 47.9 Å². The quantitative estimate of drug-likeness (QED) is 0.859. The summed E-state index contributed by atoms with van der Waals surface area (Å²) in [5, 5.41) is 0. The number of nitrogen functional groups attached to an aromatic ring is 1. The number of nitrogens with zero attached hydrogens (tertiary/aromatic N) is 1. The van der Waals surface area contributed by atoms with Crippen molar-refractivity contribution >= 4 is 15.7 Å². The van der Waals surface area contributed by atoms with Crippen LogP contribution in [0.1, 0.15) is 18.2 Å². The highest BCUT2D eigenvalue weighted by Gasteiger charge is 2.24. The fraction of sp³-hybridized carbons (Fsp3) is 0.286. The maximum Gasteiger partial charge on any atom is 0.243 e. The average Bonchev–Trinajstić information content (AvgIpc) is 2.91. The summed E-state index contributed by atoms with van der Waals surface area (Å²) in [4.78, 5) is 0.248. The van der Waals surface area contributed by atoms with Crippen molar-refractivity contribution in [2.45, 2.75) is 25.3 Å². The molecule has 0 atom stereocenters. The summed E-state index contributed by atoms with van der Waals surface area (Å²) in [5.74, 6) is 0.614. The molecule has 0 saturated heterocycles. The van der Waals surface area contributed by atoms with Gasteiger partial charge in [-0.3, -0.25) is 0 Å². The van der Waals surface area contributed by atoms with Gasteiger partial charge in [0.15, 0.2) is 0 Å². The van der Waals surface area contributed by atoms with Crippen LogP contribution in [-0.2, 0) is 16.6 Å². The molecule has 2 rings (SSSR count). The Labute approximate surface area is 119 Å². The lowest BCUT2D eigenvalue weighted by atomic mass is 10.2. The van der Waals surface area contributed by atoms with Crippen molar-refractivity contribution in [2.75, 3.05) is 12.3 Å². The van der Waals surface area contributed by atoms with Crippen LogP contribution in [0.3, 0.4) is 0 Å². The van der Waals surface area contributed by atoms with E-state index in [4.69, 9.17) is 10.2 Å². The van der Waals surface area contributed by atoms with E-state index in [2.05, 4.69) is 0 Å². The Balaban J connectivity index is 2.33. The van der Waals surface area contributed by atoms with Crippen LogP contribution < -0.4 is 5.73 Å². The summed E-state index contributed by atoms with van der Waals surface area (Å²) < 4.78 is 31.8. The van der Waals surface area contributed by atoms with Crippen molar-refractivity contribution in [1.82, 2.24) is 4.31 Å². The van der Waals surface area contributed by atoms with Crippen molar-refractivity contribution < 1.29 is 12.8 Å². The summed E-state index contributed by atoms with van der Waals surface area (Å²) in [7, 11) is -3.55. The monoisotopic (exact) mass is 294 g/mol. The fourth-order valence-corrected chi connectivity index (χ4v) is 3.40. The molecule has 0 bridgehead atoms. The van der Waals surface area contributed by atoms with E-state index in [1.54, 1.807) is 38.1 Å². The SMILES string of the molecule is CCN(Cc1ccco1)S(=O)(=O)c1ccc(N)c(C)c1. The Kier molecular flexibility index (Phi) is 4.15. The third-order valence-corrected chi connectivity index (χ3v) is 5.06. The van der Waals surface area contributed by atoms with Crippen LogP contribution in [0.5, 0.6) is 0 Å². The van der Waals surface area contributed by atoms with E-state index in [-0.39, 0.29) is 11.4 Å².